The predicted molar refractivity (Wildman–Crippen MR) is 84.0 cm³/mol. The van der Waals surface area contributed by atoms with Crippen LogP contribution < -0.4 is 4.90 Å². The van der Waals surface area contributed by atoms with Gasteiger partial charge in [-0.05, 0) is 60.1 Å². The average molecular weight is 337 g/mol. The number of carbonyl (C=O) groups is 1. The van der Waals surface area contributed by atoms with Crippen molar-refractivity contribution >= 4 is 27.6 Å². The van der Waals surface area contributed by atoms with Crippen LogP contribution in [0.2, 0.25) is 0 Å². The number of rotatable bonds is 5. The van der Waals surface area contributed by atoms with Crippen LogP contribution in [0, 0.1) is 0 Å². The van der Waals surface area contributed by atoms with Crippen LogP contribution in [-0.2, 0) is 0 Å². The van der Waals surface area contributed by atoms with Crippen molar-refractivity contribution in [3.05, 3.63) is 46.7 Å². The van der Waals surface area contributed by atoms with Gasteiger partial charge < -0.3 is 14.6 Å². The maximum atomic E-state index is 11.2. The van der Waals surface area contributed by atoms with Gasteiger partial charge in [-0.25, -0.2) is 4.79 Å². The normalized spacial score (nSPS) is 10.6. The molecule has 4 nitrogen and oxygen atoms in total. The first-order valence-electron chi connectivity index (χ1n) is 6.53. The quantitative estimate of drug-likeness (QED) is 0.903. The zero-order valence-corrected chi connectivity index (χ0v) is 13.1. The van der Waals surface area contributed by atoms with Gasteiger partial charge in [-0.2, -0.15) is 0 Å². The van der Waals surface area contributed by atoms with E-state index < -0.39 is 5.97 Å². The highest BCUT2D eigenvalue weighted by Gasteiger charge is 2.13. The number of aromatic carboxylic acids is 1. The third-order valence-electron chi connectivity index (χ3n) is 3.26. The molecule has 1 heterocycles. The molecule has 0 aliphatic carbocycles. The van der Waals surface area contributed by atoms with E-state index in [1.165, 1.54) is 0 Å². The molecule has 0 radical (unpaired) electrons. The molecule has 0 aliphatic heterocycles. The molecule has 0 amide bonds. The lowest BCUT2D eigenvalue weighted by molar-refractivity contribution is 0.0688. The van der Waals surface area contributed by atoms with Crippen LogP contribution in [0.25, 0.3) is 5.69 Å². The van der Waals surface area contributed by atoms with Gasteiger partial charge in [-0.15, -0.1) is 0 Å². The van der Waals surface area contributed by atoms with Gasteiger partial charge in [-0.3, -0.25) is 0 Å². The summed E-state index contributed by atoms with van der Waals surface area (Å²) in [5.41, 5.74) is 2.22. The second-order valence-corrected chi connectivity index (χ2v) is 5.32. The Kier molecular flexibility index (Phi) is 4.49. The molecule has 0 saturated heterocycles. The zero-order chi connectivity index (χ0) is 14.7. The minimum atomic E-state index is -0.941. The molecule has 0 saturated carbocycles. The monoisotopic (exact) mass is 336 g/mol. The minimum absolute atomic E-state index is 0.243. The van der Waals surface area contributed by atoms with E-state index in [-0.39, 0.29) is 5.69 Å². The molecule has 1 aromatic heterocycles. The van der Waals surface area contributed by atoms with Crippen molar-refractivity contribution in [2.45, 2.75) is 13.8 Å². The molecule has 0 unspecified atom stereocenters. The summed E-state index contributed by atoms with van der Waals surface area (Å²) in [7, 11) is 0. The third kappa shape index (κ3) is 2.88. The Morgan fingerprint density at radius 2 is 1.85 bits per heavy atom. The third-order valence-corrected chi connectivity index (χ3v) is 3.70. The molecule has 1 aromatic carbocycles. The first kappa shape index (κ1) is 14.7. The lowest BCUT2D eigenvalue weighted by Crippen LogP contribution is -2.21. The maximum absolute atomic E-state index is 11.2. The van der Waals surface area contributed by atoms with Crippen LogP contribution in [0.3, 0.4) is 0 Å². The lowest BCUT2D eigenvalue weighted by atomic mass is 10.2. The van der Waals surface area contributed by atoms with Crippen LogP contribution >= 0.6 is 15.9 Å². The molecular formula is C15H17BrN2O2. The van der Waals surface area contributed by atoms with E-state index in [2.05, 4.69) is 34.7 Å². The van der Waals surface area contributed by atoms with E-state index in [1.807, 2.05) is 24.3 Å². The van der Waals surface area contributed by atoms with Crippen molar-refractivity contribution in [1.29, 1.82) is 0 Å². The van der Waals surface area contributed by atoms with Gasteiger partial charge in [-0.1, -0.05) is 0 Å². The first-order chi connectivity index (χ1) is 9.56. The van der Waals surface area contributed by atoms with E-state index in [9.17, 15) is 9.90 Å². The van der Waals surface area contributed by atoms with Crippen LogP contribution in [0.5, 0.6) is 0 Å². The summed E-state index contributed by atoms with van der Waals surface area (Å²) in [5.74, 6) is -0.941. The van der Waals surface area contributed by atoms with Crippen LogP contribution in [0.4, 0.5) is 5.69 Å². The molecule has 2 aromatic rings. The Morgan fingerprint density at radius 3 is 2.35 bits per heavy atom. The second-order valence-electron chi connectivity index (χ2n) is 4.41. The predicted octanol–water partition coefficient (Wildman–Crippen LogP) is 3.78. The summed E-state index contributed by atoms with van der Waals surface area (Å²) in [4.78, 5) is 13.5. The summed E-state index contributed by atoms with van der Waals surface area (Å²) in [6, 6.07) is 9.50. The molecule has 0 atom stereocenters. The van der Waals surface area contributed by atoms with Crippen LogP contribution in [0.1, 0.15) is 24.3 Å². The standard InChI is InChI=1S/C15H17BrN2O2/c1-3-17(4-2)12-5-7-13(8-6-12)18-10-11(16)9-14(18)15(19)20/h5-10H,3-4H2,1-2H3,(H,19,20). The number of benzene rings is 1. The zero-order valence-electron chi connectivity index (χ0n) is 11.5. The number of nitrogens with zero attached hydrogens (tertiary/aromatic N) is 2. The minimum Gasteiger partial charge on any atom is -0.477 e. The SMILES string of the molecule is CCN(CC)c1ccc(-n2cc(Br)cc2C(=O)O)cc1. The van der Waals surface area contributed by atoms with Crippen molar-refractivity contribution in [2.75, 3.05) is 18.0 Å². The van der Waals surface area contributed by atoms with Gasteiger partial charge in [0.05, 0.1) is 0 Å². The van der Waals surface area contributed by atoms with E-state index in [0.29, 0.717) is 0 Å². The van der Waals surface area contributed by atoms with Crippen molar-refractivity contribution < 1.29 is 9.90 Å². The summed E-state index contributed by atoms with van der Waals surface area (Å²) in [6.45, 7) is 6.13. The van der Waals surface area contributed by atoms with Crippen LogP contribution in [-0.4, -0.2) is 28.7 Å². The van der Waals surface area contributed by atoms with Gasteiger partial charge in [0.1, 0.15) is 5.69 Å². The fourth-order valence-corrected chi connectivity index (χ4v) is 2.64. The molecular weight excluding hydrogens is 320 g/mol. The topological polar surface area (TPSA) is 45.5 Å². The number of aromatic nitrogens is 1. The number of carboxylic acids is 1. The summed E-state index contributed by atoms with van der Waals surface area (Å²) >= 11 is 3.32. The number of hydrogen-bond donors (Lipinski definition) is 1. The fraction of sp³-hybridized carbons (Fsp3) is 0.267. The number of anilines is 1. The highest BCUT2D eigenvalue weighted by atomic mass is 79.9. The summed E-state index contributed by atoms with van der Waals surface area (Å²) in [6.07, 6.45) is 1.76. The smallest absolute Gasteiger partial charge is 0.352 e. The van der Waals surface area contributed by atoms with Gasteiger partial charge in [0, 0.05) is 35.1 Å². The molecule has 0 bridgehead atoms. The van der Waals surface area contributed by atoms with E-state index in [1.54, 1.807) is 16.8 Å². The molecule has 0 spiro atoms. The average Bonchev–Trinajstić information content (AvgIpc) is 2.83. The van der Waals surface area contributed by atoms with Gasteiger partial charge >= 0.3 is 5.97 Å². The van der Waals surface area contributed by atoms with Crippen molar-refractivity contribution in [2.24, 2.45) is 0 Å². The summed E-state index contributed by atoms with van der Waals surface area (Å²) in [5, 5.41) is 9.21. The molecule has 106 valence electrons. The largest absolute Gasteiger partial charge is 0.477 e. The molecule has 5 heteroatoms. The summed E-state index contributed by atoms with van der Waals surface area (Å²) < 4.78 is 2.42. The first-order valence-corrected chi connectivity index (χ1v) is 7.32. The van der Waals surface area contributed by atoms with Gasteiger partial charge in [0.25, 0.3) is 0 Å². The Bertz CT molecular complexity index is 601. The Balaban J connectivity index is 2.37. The highest BCUT2D eigenvalue weighted by Crippen LogP contribution is 2.22. The maximum Gasteiger partial charge on any atom is 0.352 e. The van der Waals surface area contributed by atoms with Crippen molar-refractivity contribution in [3.8, 4) is 5.69 Å². The molecule has 0 aliphatic rings. The lowest BCUT2D eigenvalue weighted by Gasteiger charge is -2.21. The molecule has 0 fully saturated rings. The van der Waals surface area contributed by atoms with Gasteiger partial charge in [0.2, 0.25) is 0 Å². The number of halogens is 1. The van der Waals surface area contributed by atoms with Crippen molar-refractivity contribution in [3.63, 3.8) is 0 Å². The molecule has 2 rings (SSSR count). The Labute approximate surface area is 126 Å². The number of carboxylic acid groups (broad SMARTS) is 1. The van der Waals surface area contributed by atoms with Gasteiger partial charge in [0.15, 0.2) is 0 Å². The van der Waals surface area contributed by atoms with E-state index >= 15 is 0 Å². The van der Waals surface area contributed by atoms with Crippen molar-refractivity contribution in [1.82, 2.24) is 4.57 Å². The second kappa shape index (κ2) is 6.13. The number of hydrogen-bond acceptors (Lipinski definition) is 2. The molecule has 20 heavy (non-hydrogen) atoms. The highest BCUT2D eigenvalue weighted by molar-refractivity contribution is 9.10. The molecule has 1 N–H and O–H groups in total. The fourth-order valence-electron chi connectivity index (χ4n) is 2.22. The Hall–Kier alpha value is -1.75. The Morgan fingerprint density at radius 1 is 1.25 bits per heavy atom. The van der Waals surface area contributed by atoms with E-state index in [4.69, 9.17) is 0 Å². The van der Waals surface area contributed by atoms with E-state index in [0.717, 1.165) is 28.9 Å². The van der Waals surface area contributed by atoms with Crippen LogP contribution in [0.15, 0.2) is 41.0 Å².